The molecule has 9 heteroatoms. The normalized spacial score (nSPS) is 20.0. The number of hydrogen-bond acceptors (Lipinski definition) is 7. The Morgan fingerprint density at radius 2 is 1.84 bits per heavy atom. The number of Topliss-reactive ketones (excluding diaryl/α,β-unsaturated/α-hetero) is 1. The molecule has 198 valence electrons. The Morgan fingerprint density at radius 1 is 1.11 bits per heavy atom. The minimum absolute atomic E-state index is 0.0383. The van der Waals surface area contributed by atoms with Crippen molar-refractivity contribution in [3.63, 3.8) is 0 Å². The number of methoxy groups -OCH3 is 1. The first-order valence-corrected chi connectivity index (χ1v) is 12.5. The maximum atomic E-state index is 14.7. The first kappa shape index (κ1) is 26.6. The van der Waals surface area contributed by atoms with E-state index in [9.17, 15) is 19.1 Å². The highest BCUT2D eigenvalue weighted by Gasteiger charge is 2.46. The van der Waals surface area contributed by atoms with Crippen LogP contribution in [0.15, 0.2) is 48.0 Å². The molecule has 0 aromatic heterocycles. The maximum absolute atomic E-state index is 14.7. The van der Waals surface area contributed by atoms with Crippen LogP contribution in [0, 0.1) is 5.82 Å². The van der Waals surface area contributed by atoms with Gasteiger partial charge >= 0.3 is 0 Å². The second-order valence-corrected chi connectivity index (χ2v) is 9.35. The Kier molecular flexibility index (Phi) is 8.45. The average Bonchev–Trinajstić information content (AvgIpc) is 3.14. The van der Waals surface area contributed by atoms with E-state index in [1.807, 2.05) is 0 Å². The zero-order valence-corrected chi connectivity index (χ0v) is 21.4. The number of carbonyl (C=O) groups is 2. The van der Waals surface area contributed by atoms with Crippen molar-refractivity contribution in [2.45, 2.75) is 32.4 Å². The molecule has 0 bridgehead atoms. The number of carbonyl (C=O) groups excluding carboxylic acids is 2. The molecule has 1 N–H and O–H groups in total. The lowest BCUT2D eigenvalue weighted by molar-refractivity contribution is -0.140. The molecule has 2 aliphatic heterocycles. The van der Waals surface area contributed by atoms with Gasteiger partial charge in [-0.25, -0.2) is 4.39 Å². The highest BCUT2D eigenvalue weighted by molar-refractivity contribution is 6.46. The summed E-state index contributed by atoms with van der Waals surface area (Å²) in [5.74, 6) is -2.13. The summed E-state index contributed by atoms with van der Waals surface area (Å²) >= 11 is 0. The standard InChI is InChI=1S/C28H33FN2O6/c1-18(2)37-23-10-9-19(17-21(23)29)26(32)24-25(20-7-4-5-8-22(20)35-3)31(28(34)27(24)33)12-6-11-30-13-15-36-16-14-30/h4-5,7-10,17-18,25,32H,6,11-16H2,1-3H3/t25-/m1/s1. The number of aliphatic hydroxyl groups is 1. The molecule has 2 aromatic rings. The van der Waals surface area contributed by atoms with E-state index >= 15 is 0 Å². The molecule has 8 nitrogen and oxygen atoms in total. The Balaban J connectivity index is 1.71. The van der Waals surface area contributed by atoms with Crippen LogP contribution in [0.5, 0.6) is 11.5 Å². The number of rotatable bonds is 9. The van der Waals surface area contributed by atoms with Crippen LogP contribution in [0.3, 0.4) is 0 Å². The predicted octanol–water partition coefficient (Wildman–Crippen LogP) is 3.77. The number of amides is 1. The third-order valence-electron chi connectivity index (χ3n) is 6.52. The van der Waals surface area contributed by atoms with E-state index < -0.39 is 29.3 Å². The molecule has 37 heavy (non-hydrogen) atoms. The summed E-state index contributed by atoms with van der Waals surface area (Å²) in [6, 6.07) is 10.2. The molecule has 0 aliphatic carbocycles. The van der Waals surface area contributed by atoms with Crippen molar-refractivity contribution < 1.29 is 33.3 Å². The van der Waals surface area contributed by atoms with Gasteiger partial charge in [0.25, 0.3) is 11.7 Å². The number of ketones is 1. The van der Waals surface area contributed by atoms with E-state index in [1.54, 1.807) is 38.1 Å². The van der Waals surface area contributed by atoms with Crippen LogP contribution in [0.25, 0.3) is 5.76 Å². The van der Waals surface area contributed by atoms with Crippen molar-refractivity contribution in [3.8, 4) is 11.5 Å². The number of para-hydroxylation sites is 1. The lowest BCUT2D eigenvalue weighted by atomic mass is 9.94. The molecule has 1 amide bonds. The van der Waals surface area contributed by atoms with Crippen molar-refractivity contribution in [1.82, 2.24) is 9.80 Å². The molecule has 2 aromatic carbocycles. The molecular weight excluding hydrogens is 479 g/mol. The van der Waals surface area contributed by atoms with Crippen LogP contribution >= 0.6 is 0 Å². The first-order valence-electron chi connectivity index (χ1n) is 12.5. The average molecular weight is 513 g/mol. The van der Waals surface area contributed by atoms with Crippen molar-refractivity contribution in [3.05, 3.63) is 65.0 Å². The Hall–Kier alpha value is -3.43. The number of hydrogen-bond donors (Lipinski definition) is 1. The van der Waals surface area contributed by atoms with Crippen LogP contribution in [0.2, 0.25) is 0 Å². The maximum Gasteiger partial charge on any atom is 0.295 e. The number of ether oxygens (including phenoxy) is 3. The quantitative estimate of drug-likeness (QED) is 0.311. The highest BCUT2D eigenvalue weighted by Crippen LogP contribution is 2.43. The zero-order valence-electron chi connectivity index (χ0n) is 21.4. The van der Waals surface area contributed by atoms with Gasteiger partial charge in [-0.05, 0) is 44.5 Å². The Labute approximate surface area is 216 Å². The summed E-state index contributed by atoms with van der Waals surface area (Å²) in [7, 11) is 1.51. The van der Waals surface area contributed by atoms with Gasteiger partial charge in [-0.3, -0.25) is 14.5 Å². The van der Waals surface area contributed by atoms with Crippen molar-refractivity contribution in [2.75, 3.05) is 46.5 Å². The molecule has 1 atom stereocenters. The highest BCUT2D eigenvalue weighted by atomic mass is 19.1. The van der Waals surface area contributed by atoms with Gasteiger partial charge in [-0.1, -0.05) is 18.2 Å². The van der Waals surface area contributed by atoms with Crippen molar-refractivity contribution in [2.24, 2.45) is 0 Å². The molecule has 0 radical (unpaired) electrons. The summed E-state index contributed by atoms with van der Waals surface area (Å²) < 4.78 is 31.1. The predicted molar refractivity (Wildman–Crippen MR) is 136 cm³/mol. The van der Waals surface area contributed by atoms with Crippen molar-refractivity contribution >= 4 is 17.4 Å². The second kappa shape index (κ2) is 11.7. The fourth-order valence-corrected chi connectivity index (χ4v) is 4.77. The van der Waals surface area contributed by atoms with Crippen LogP contribution in [0.1, 0.15) is 37.4 Å². The number of aliphatic hydroxyl groups excluding tert-OH is 1. The van der Waals surface area contributed by atoms with Gasteiger partial charge < -0.3 is 24.2 Å². The summed E-state index contributed by atoms with van der Waals surface area (Å²) in [6.07, 6.45) is 0.400. The summed E-state index contributed by atoms with van der Waals surface area (Å²) in [5.41, 5.74) is 0.551. The van der Waals surface area contributed by atoms with E-state index in [0.29, 0.717) is 37.5 Å². The molecule has 2 heterocycles. The minimum Gasteiger partial charge on any atom is -0.507 e. The van der Waals surface area contributed by atoms with E-state index in [1.165, 1.54) is 24.1 Å². The monoisotopic (exact) mass is 512 g/mol. The fraction of sp³-hybridized carbons (Fsp3) is 0.429. The van der Waals surface area contributed by atoms with Crippen LogP contribution in [0.4, 0.5) is 4.39 Å². The third-order valence-corrected chi connectivity index (χ3v) is 6.52. The van der Waals surface area contributed by atoms with Gasteiger partial charge in [-0.2, -0.15) is 0 Å². The van der Waals surface area contributed by atoms with Crippen molar-refractivity contribution in [1.29, 1.82) is 0 Å². The fourth-order valence-electron chi connectivity index (χ4n) is 4.77. The van der Waals surface area contributed by atoms with E-state index in [4.69, 9.17) is 14.2 Å². The smallest absolute Gasteiger partial charge is 0.295 e. The van der Waals surface area contributed by atoms with Gasteiger partial charge in [0.1, 0.15) is 11.5 Å². The number of benzene rings is 2. The molecule has 2 fully saturated rings. The first-order chi connectivity index (χ1) is 17.8. The number of morpholine rings is 1. The SMILES string of the molecule is COc1ccccc1[C@@H]1C(=C(O)c2ccc(OC(C)C)c(F)c2)C(=O)C(=O)N1CCCN1CCOCC1. The topological polar surface area (TPSA) is 88.5 Å². The summed E-state index contributed by atoms with van der Waals surface area (Å²) in [5, 5.41) is 11.3. The molecule has 0 spiro atoms. The summed E-state index contributed by atoms with van der Waals surface area (Å²) in [6.45, 7) is 7.58. The third kappa shape index (κ3) is 5.78. The van der Waals surface area contributed by atoms with E-state index in [-0.39, 0.29) is 23.0 Å². The zero-order chi connectivity index (χ0) is 26.5. The molecule has 2 saturated heterocycles. The lowest BCUT2D eigenvalue weighted by Gasteiger charge is -2.29. The molecule has 2 aliphatic rings. The van der Waals surface area contributed by atoms with Crippen LogP contribution < -0.4 is 9.47 Å². The molecule has 0 unspecified atom stereocenters. The second-order valence-electron chi connectivity index (χ2n) is 9.35. The Morgan fingerprint density at radius 3 is 2.51 bits per heavy atom. The number of nitrogens with zero attached hydrogens (tertiary/aromatic N) is 2. The van der Waals surface area contributed by atoms with Gasteiger partial charge in [0.15, 0.2) is 11.6 Å². The summed E-state index contributed by atoms with van der Waals surface area (Å²) in [4.78, 5) is 30.2. The van der Waals surface area contributed by atoms with Crippen LogP contribution in [-0.2, 0) is 14.3 Å². The minimum atomic E-state index is -0.879. The number of likely N-dealkylation sites (tertiary alicyclic amines) is 1. The van der Waals surface area contributed by atoms with Gasteiger partial charge in [0, 0.05) is 37.3 Å². The van der Waals surface area contributed by atoms with Gasteiger partial charge in [0.05, 0.1) is 38.0 Å². The molecule has 0 saturated carbocycles. The largest absolute Gasteiger partial charge is 0.507 e. The molecule has 4 rings (SSSR count). The Bertz CT molecular complexity index is 1180. The number of halogens is 1. The lowest BCUT2D eigenvalue weighted by Crippen LogP contribution is -2.39. The van der Waals surface area contributed by atoms with Crippen LogP contribution in [-0.4, -0.2) is 79.2 Å². The van der Waals surface area contributed by atoms with E-state index in [0.717, 1.165) is 25.7 Å². The van der Waals surface area contributed by atoms with Gasteiger partial charge in [0.2, 0.25) is 0 Å². The van der Waals surface area contributed by atoms with E-state index in [2.05, 4.69) is 4.90 Å². The van der Waals surface area contributed by atoms with Gasteiger partial charge in [-0.15, -0.1) is 0 Å². The molecular formula is C28H33FN2O6.